The van der Waals surface area contributed by atoms with E-state index in [-0.39, 0.29) is 6.10 Å². The number of hydrogen-bond acceptors (Lipinski definition) is 3. The fourth-order valence-corrected chi connectivity index (χ4v) is 2.48. The summed E-state index contributed by atoms with van der Waals surface area (Å²) in [6.07, 6.45) is 2.59. The molecule has 18 heavy (non-hydrogen) atoms. The van der Waals surface area contributed by atoms with Gasteiger partial charge in [0.05, 0.1) is 18.0 Å². The molecule has 3 rings (SSSR count). The predicted octanol–water partition coefficient (Wildman–Crippen LogP) is 1.64. The van der Waals surface area contributed by atoms with Crippen LogP contribution in [0.25, 0.3) is 11.3 Å². The van der Waals surface area contributed by atoms with Crippen molar-refractivity contribution in [1.82, 2.24) is 15.1 Å². The van der Waals surface area contributed by atoms with Crippen molar-refractivity contribution in [1.29, 1.82) is 0 Å². The van der Waals surface area contributed by atoms with Crippen LogP contribution in [-0.2, 0) is 6.54 Å². The summed E-state index contributed by atoms with van der Waals surface area (Å²) in [6, 6.07) is 10.2. The summed E-state index contributed by atoms with van der Waals surface area (Å²) in [5.41, 5.74) is 3.43. The normalized spacial score (nSPS) is 20.4. The number of rotatable bonds is 3. The molecule has 0 saturated carbocycles. The standard InChI is InChI=1S/C14H17N3O/c18-13-6-7-17(10-13)9-12-8-15-16-14(12)11-4-2-1-3-5-11/h1-5,8,13,18H,6-7,9-10H2,(H,15,16)/t13-/m1/s1. The number of likely N-dealkylation sites (tertiary alicyclic amines) is 1. The van der Waals surface area contributed by atoms with E-state index in [2.05, 4.69) is 27.2 Å². The van der Waals surface area contributed by atoms with Gasteiger partial charge in [0.2, 0.25) is 0 Å². The minimum atomic E-state index is -0.169. The molecular formula is C14H17N3O. The Bertz CT molecular complexity index is 509. The molecule has 94 valence electrons. The number of hydrogen-bond donors (Lipinski definition) is 2. The van der Waals surface area contributed by atoms with Gasteiger partial charge in [-0.15, -0.1) is 0 Å². The number of aromatic nitrogens is 2. The van der Waals surface area contributed by atoms with E-state index in [4.69, 9.17) is 0 Å². The number of H-pyrrole nitrogens is 1. The Morgan fingerprint density at radius 3 is 2.89 bits per heavy atom. The second kappa shape index (κ2) is 4.92. The maximum absolute atomic E-state index is 9.55. The lowest BCUT2D eigenvalue weighted by atomic mass is 10.1. The minimum Gasteiger partial charge on any atom is -0.392 e. The number of benzene rings is 1. The Balaban J connectivity index is 1.80. The van der Waals surface area contributed by atoms with Gasteiger partial charge in [0.15, 0.2) is 0 Å². The third kappa shape index (κ3) is 2.30. The Labute approximate surface area is 106 Å². The molecule has 2 aromatic rings. The molecule has 1 aromatic heterocycles. The lowest BCUT2D eigenvalue weighted by molar-refractivity contribution is 0.175. The number of nitrogens with zero attached hydrogens (tertiary/aromatic N) is 2. The minimum absolute atomic E-state index is 0.169. The highest BCUT2D eigenvalue weighted by Crippen LogP contribution is 2.23. The lowest BCUT2D eigenvalue weighted by Gasteiger charge is -2.14. The Hall–Kier alpha value is -1.65. The van der Waals surface area contributed by atoms with Gasteiger partial charge in [-0.2, -0.15) is 5.10 Å². The van der Waals surface area contributed by atoms with Crippen LogP contribution < -0.4 is 0 Å². The molecule has 0 amide bonds. The predicted molar refractivity (Wildman–Crippen MR) is 69.9 cm³/mol. The molecule has 1 aromatic carbocycles. The molecule has 0 spiro atoms. The highest BCUT2D eigenvalue weighted by atomic mass is 16.3. The molecule has 0 bridgehead atoms. The van der Waals surface area contributed by atoms with Crippen LogP contribution in [0.3, 0.4) is 0 Å². The van der Waals surface area contributed by atoms with Crippen molar-refractivity contribution in [3.05, 3.63) is 42.1 Å². The van der Waals surface area contributed by atoms with Crippen molar-refractivity contribution in [3.8, 4) is 11.3 Å². The molecule has 1 aliphatic heterocycles. The van der Waals surface area contributed by atoms with E-state index in [1.54, 1.807) is 0 Å². The molecule has 4 nitrogen and oxygen atoms in total. The van der Waals surface area contributed by atoms with Gasteiger partial charge in [-0.1, -0.05) is 30.3 Å². The van der Waals surface area contributed by atoms with E-state index in [0.717, 1.165) is 37.3 Å². The zero-order chi connectivity index (χ0) is 12.4. The van der Waals surface area contributed by atoms with Crippen molar-refractivity contribution in [2.45, 2.75) is 19.1 Å². The fourth-order valence-electron chi connectivity index (χ4n) is 2.48. The van der Waals surface area contributed by atoms with Gasteiger partial charge in [-0.3, -0.25) is 10.00 Å². The molecule has 1 fully saturated rings. The molecule has 1 saturated heterocycles. The van der Waals surface area contributed by atoms with E-state index in [0.29, 0.717) is 0 Å². The number of aliphatic hydroxyl groups excluding tert-OH is 1. The van der Waals surface area contributed by atoms with Gasteiger partial charge in [0.25, 0.3) is 0 Å². The largest absolute Gasteiger partial charge is 0.392 e. The molecule has 4 heteroatoms. The summed E-state index contributed by atoms with van der Waals surface area (Å²) >= 11 is 0. The van der Waals surface area contributed by atoms with Crippen molar-refractivity contribution in [2.75, 3.05) is 13.1 Å². The van der Waals surface area contributed by atoms with E-state index < -0.39 is 0 Å². The van der Waals surface area contributed by atoms with Crippen LogP contribution in [0.15, 0.2) is 36.5 Å². The topological polar surface area (TPSA) is 52.1 Å². The molecule has 0 radical (unpaired) electrons. The smallest absolute Gasteiger partial charge is 0.0695 e. The van der Waals surface area contributed by atoms with Crippen LogP contribution in [0.2, 0.25) is 0 Å². The van der Waals surface area contributed by atoms with Gasteiger partial charge in [-0.05, 0) is 12.0 Å². The second-order valence-corrected chi connectivity index (χ2v) is 4.81. The summed E-state index contributed by atoms with van der Waals surface area (Å²) < 4.78 is 0. The highest BCUT2D eigenvalue weighted by molar-refractivity contribution is 5.62. The number of aliphatic hydroxyl groups is 1. The number of nitrogens with one attached hydrogen (secondary N) is 1. The Morgan fingerprint density at radius 1 is 1.33 bits per heavy atom. The second-order valence-electron chi connectivity index (χ2n) is 4.81. The average molecular weight is 243 g/mol. The van der Waals surface area contributed by atoms with Gasteiger partial charge < -0.3 is 5.11 Å². The number of aromatic amines is 1. The summed E-state index contributed by atoms with van der Waals surface area (Å²) in [5.74, 6) is 0. The van der Waals surface area contributed by atoms with Gasteiger partial charge >= 0.3 is 0 Å². The Morgan fingerprint density at radius 2 is 2.17 bits per heavy atom. The molecule has 1 aliphatic rings. The SMILES string of the molecule is O[C@@H]1CCN(Cc2cn[nH]c2-c2ccccc2)C1. The fraction of sp³-hybridized carbons (Fsp3) is 0.357. The highest BCUT2D eigenvalue weighted by Gasteiger charge is 2.21. The zero-order valence-electron chi connectivity index (χ0n) is 10.2. The lowest BCUT2D eigenvalue weighted by Crippen LogP contribution is -2.21. The first-order valence-electron chi connectivity index (χ1n) is 6.31. The first-order chi connectivity index (χ1) is 8.83. The number of β-amino-alcohol motifs (C(OH)–C–C–N with tert-alkyl or cyclic N) is 1. The van der Waals surface area contributed by atoms with Gasteiger partial charge in [0, 0.05) is 25.2 Å². The molecule has 2 N–H and O–H groups in total. The Kier molecular flexibility index (Phi) is 3.13. The van der Waals surface area contributed by atoms with Crippen LogP contribution in [0, 0.1) is 0 Å². The van der Waals surface area contributed by atoms with Crippen molar-refractivity contribution in [3.63, 3.8) is 0 Å². The maximum atomic E-state index is 9.55. The quantitative estimate of drug-likeness (QED) is 0.861. The monoisotopic (exact) mass is 243 g/mol. The maximum Gasteiger partial charge on any atom is 0.0695 e. The van der Waals surface area contributed by atoms with Crippen LogP contribution in [0.4, 0.5) is 0 Å². The van der Waals surface area contributed by atoms with Crippen molar-refractivity contribution < 1.29 is 5.11 Å². The summed E-state index contributed by atoms with van der Waals surface area (Å²) in [6.45, 7) is 2.57. The summed E-state index contributed by atoms with van der Waals surface area (Å²) in [5, 5.41) is 16.8. The first-order valence-corrected chi connectivity index (χ1v) is 6.31. The molecule has 2 heterocycles. The molecular weight excluding hydrogens is 226 g/mol. The summed E-state index contributed by atoms with van der Waals surface area (Å²) in [4.78, 5) is 2.27. The third-order valence-electron chi connectivity index (χ3n) is 3.42. The molecule has 0 unspecified atom stereocenters. The van der Waals surface area contributed by atoms with E-state index in [9.17, 15) is 5.11 Å². The first kappa shape index (κ1) is 11.4. The van der Waals surface area contributed by atoms with Crippen LogP contribution in [0.1, 0.15) is 12.0 Å². The average Bonchev–Trinajstić information content (AvgIpc) is 3.00. The zero-order valence-corrected chi connectivity index (χ0v) is 10.2. The van der Waals surface area contributed by atoms with Crippen LogP contribution >= 0.6 is 0 Å². The van der Waals surface area contributed by atoms with Crippen LogP contribution in [-0.4, -0.2) is 39.4 Å². The van der Waals surface area contributed by atoms with Gasteiger partial charge in [-0.25, -0.2) is 0 Å². The van der Waals surface area contributed by atoms with E-state index in [1.165, 1.54) is 5.56 Å². The van der Waals surface area contributed by atoms with E-state index in [1.807, 2.05) is 24.4 Å². The van der Waals surface area contributed by atoms with E-state index >= 15 is 0 Å². The van der Waals surface area contributed by atoms with Crippen LogP contribution in [0.5, 0.6) is 0 Å². The van der Waals surface area contributed by atoms with Gasteiger partial charge in [0.1, 0.15) is 0 Å². The third-order valence-corrected chi connectivity index (χ3v) is 3.42. The molecule has 0 aliphatic carbocycles. The summed E-state index contributed by atoms with van der Waals surface area (Å²) in [7, 11) is 0. The molecule has 1 atom stereocenters. The van der Waals surface area contributed by atoms with Crippen molar-refractivity contribution in [2.24, 2.45) is 0 Å². The van der Waals surface area contributed by atoms with Crippen molar-refractivity contribution >= 4 is 0 Å².